The van der Waals surface area contributed by atoms with E-state index in [1.807, 2.05) is 6.07 Å². The molecule has 1 aliphatic heterocycles. The number of nitrogens with one attached hydrogen (secondary N) is 1. The number of rotatable bonds is 8. The van der Waals surface area contributed by atoms with Gasteiger partial charge in [-0.15, -0.1) is 11.3 Å². The molecule has 1 saturated carbocycles. The van der Waals surface area contributed by atoms with Crippen molar-refractivity contribution >= 4 is 17.2 Å². The lowest BCUT2D eigenvalue weighted by Crippen LogP contribution is -2.34. The van der Waals surface area contributed by atoms with Gasteiger partial charge in [-0.2, -0.15) is 0 Å². The lowest BCUT2D eigenvalue weighted by molar-refractivity contribution is 0.0952. The van der Waals surface area contributed by atoms with Crippen molar-refractivity contribution in [1.29, 1.82) is 0 Å². The Kier molecular flexibility index (Phi) is 6.45. The van der Waals surface area contributed by atoms with Crippen molar-refractivity contribution in [2.75, 3.05) is 19.6 Å². The van der Waals surface area contributed by atoms with Crippen LogP contribution in [-0.4, -0.2) is 41.4 Å². The molecule has 2 aromatic rings. The highest BCUT2D eigenvalue weighted by atomic mass is 32.1. The molecule has 1 aliphatic carbocycles. The van der Waals surface area contributed by atoms with E-state index < -0.39 is 0 Å². The van der Waals surface area contributed by atoms with Gasteiger partial charge in [-0.3, -0.25) is 14.6 Å². The van der Waals surface area contributed by atoms with E-state index in [-0.39, 0.29) is 5.91 Å². The molecule has 28 heavy (non-hydrogen) atoms. The summed E-state index contributed by atoms with van der Waals surface area (Å²) in [6.07, 6.45) is 5.45. The highest BCUT2D eigenvalue weighted by molar-refractivity contribution is 7.14. The first-order valence-electron chi connectivity index (χ1n) is 10.6. The van der Waals surface area contributed by atoms with Crippen LogP contribution in [-0.2, 0) is 19.6 Å². The average Bonchev–Trinajstić information content (AvgIpc) is 3.43. The van der Waals surface area contributed by atoms with E-state index in [1.165, 1.54) is 41.7 Å². The summed E-state index contributed by atoms with van der Waals surface area (Å²) >= 11 is 1.69. The Morgan fingerprint density at radius 1 is 1.21 bits per heavy atom. The lowest BCUT2D eigenvalue weighted by Gasteiger charge is -2.22. The SMILES string of the molecule is CCN(CCNC(=O)c1cc2c(s1)CN(C1CCCC1)C2)Cc1ccccc1. The second-order valence-electron chi connectivity index (χ2n) is 8.01. The Labute approximate surface area is 172 Å². The Morgan fingerprint density at radius 2 is 2.00 bits per heavy atom. The first kappa shape index (κ1) is 19.6. The van der Waals surface area contributed by atoms with Crippen LogP contribution in [0.1, 0.15) is 58.3 Å². The molecule has 150 valence electrons. The fourth-order valence-electron chi connectivity index (χ4n) is 4.44. The first-order valence-corrected chi connectivity index (χ1v) is 11.4. The molecule has 5 heteroatoms. The van der Waals surface area contributed by atoms with Crippen molar-refractivity contribution in [3.05, 3.63) is 57.3 Å². The topological polar surface area (TPSA) is 35.6 Å². The van der Waals surface area contributed by atoms with Crippen LogP contribution in [0.2, 0.25) is 0 Å². The smallest absolute Gasteiger partial charge is 0.261 e. The van der Waals surface area contributed by atoms with Crippen LogP contribution in [0.4, 0.5) is 0 Å². The summed E-state index contributed by atoms with van der Waals surface area (Å²) in [4.78, 5) is 19.8. The Bertz CT molecular complexity index is 759. The fourth-order valence-corrected chi connectivity index (χ4v) is 5.55. The van der Waals surface area contributed by atoms with Crippen molar-refractivity contribution in [1.82, 2.24) is 15.1 Å². The third-order valence-electron chi connectivity index (χ3n) is 6.09. The summed E-state index contributed by atoms with van der Waals surface area (Å²) < 4.78 is 0. The summed E-state index contributed by atoms with van der Waals surface area (Å²) in [6, 6.07) is 13.4. The second-order valence-corrected chi connectivity index (χ2v) is 9.15. The number of carbonyl (C=O) groups is 1. The first-order chi connectivity index (χ1) is 13.7. The largest absolute Gasteiger partial charge is 0.350 e. The van der Waals surface area contributed by atoms with Gasteiger partial charge in [-0.25, -0.2) is 0 Å². The predicted octanol–water partition coefficient (Wildman–Crippen LogP) is 4.26. The van der Waals surface area contributed by atoms with E-state index in [0.29, 0.717) is 6.54 Å². The lowest BCUT2D eigenvalue weighted by atomic mass is 10.2. The van der Waals surface area contributed by atoms with Gasteiger partial charge < -0.3 is 5.32 Å². The molecule has 4 nitrogen and oxygen atoms in total. The second kappa shape index (κ2) is 9.21. The van der Waals surface area contributed by atoms with Crippen molar-refractivity contribution in [2.45, 2.75) is 58.3 Å². The summed E-state index contributed by atoms with van der Waals surface area (Å²) in [7, 11) is 0. The summed E-state index contributed by atoms with van der Waals surface area (Å²) in [6.45, 7) is 7.72. The standard InChI is InChI=1S/C23H31N3OS/c1-2-25(15-18-8-4-3-5-9-18)13-12-24-23(27)21-14-19-16-26(17-22(19)28-21)20-10-6-7-11-20/h3-5,8-9,14,20H,2,6-7,10-13,15-17H2,1H3,(H,24,27). The van der Waals surface area contributed by atoms with Gasteiger partial charge in [-0.1, -0.05) is 50.1 Å². The molecule has 2 aliphatic rings. The quantitative estimate of drug-likeness (QED) is 0.723. The monoisotopic (exact) mass is 397 g/mol. The highest BCUT2D eigenvalue weighted by Gasteiger charge is 2.30. The van der Waals surface area contributed by atoms with Crippen LogP contribution in [0.3, 0.4) is 0 Å². The van der Waals surface area contributed by atoms with Crippen molar-refractivity contribution in [3.63, 3.8) is 0 Å². The zero-order valence-corrected chi connectivity index (χ0v) is 17.6. The van der Waals surface area contributed by atoms with Crippen LogP contribution in [0.5, 0.6) is 0 Å². The molecule has 0 bridgehead atoms. The minimum atomic E-state index is 0.0857. The van der Waals surface area contributed by atoms with E-state index in [2.05, 4.69) is 52.4 Å². The van der Waals surface area contributed by atoms with Gasteiger partial charge >= 0.3 is 0 Å². The van der Waals surface area contributed by atoms with Crippen LogP contribution in [0.15, 0.2) is 36.4 Å². The maximum absolute atomic E-state index is 12.6. The summed E-state index contributed by atoms with van der Waals surface area (Å²) in [5.74, 6) is 0.0857. The van der Waals surface area contributed by atoms with Gasteiger partial charge in [0.25, 0.3) is 5.91 Å². The fraction of sp³-hybridized carbons (Fsp3) is 0.522. The van der Waals surface area contributed by atoms with Crippen LogP contribution >= 0.6 is 11.3 Å². The van der Waals surface area contributed by atoms with Crippen LogP contribution in [0, 0.1) is 0 Å². The molecule has 1 aromatic carbocycles. The van der Waals surface area contributed by atoms with Gasteiger partial charge in [0.1, 0.15) is 0 Å². The van der Waals surface area contributed by atoms with Gasteiger partial charge in [0, 0.05) is 43.6 Å². The number of hydrogen-bond donors (Lipinski definition) is 1. The normalized spacial score (nSPS) is 17.4. The number of hydrogen-bond acceptors (Lipinski definition) is 4. The minimum absolute atomic E-state index is 0.0857. The zero-order chi connectivity index (χ0) is 19.3. The predicted molar refractivity (Wildman–Crippen MR) is 116 cm³/mol. The number of benzene rings is 1. The molecule has 2 heterocycles. The molecule has 0 saturated heterocycles. The average molecular weight is 398 g/mol. The molecule has 1 aromatic heterocycles. The molecular weight excluding hydrogens is 366 g/mol. The van der Waals surface area contributed by atoms with Crippen LogP contribution < -0.4 is 5.32 Å². The Morgan fingerprint density at radius 3 is 2.71 bits per heavy atom. The van der Waals surface area contributed by atoms with Crippen LogP contribution in [0.25, 0.3) is 0 Å². The third-order valence-corrected chi connectivity index (χ3v) is 7.25. The number of likely N-dealkylation sites (N-methyl/N-ethyl adjacent to an activating group) is 1. The molecule has 1 fully saturated rings. The van der Waals surface area contributed by atoms with Gasteiger partial charge in [0.15, 0.2) is 0 Å². The molecular formula is C23H31N3OS. The van der Waals surface area contributed by atoms with E-state index in [9.17, 15) is 4.79 Å². The summed E-state index contributed by atoms with van der Waals surface area (Å²) in [5.41, 5.74) is 2.69. The maximum atomic E-state index is 12.6. The van der Waals surface area contributed by atoms with E-state index in [0.717, 1.165) is 43.6 Å². The van der Waals surface area contributed by atoms with Gasteiger partial charge in [0.05, 0.1) is 4.88 Å². The van der Waals surface area contributed by atoms with Gasteiger partial charge in [0.2, 0.25) is 0 Å². The number of carbonyl (C=O) groups excluding carboxylic acids is 1. The molecule has 1 N–H and O–H groups in total. The number of thiophene rings is 1. The molecule has 0 spiro atoms. The van der Waals surface area contributed by atoms with E-state index in [4.69, 9.17) is 0 Å². The number of fused-ring (bicyclic) bond motifs is 1. The van der Waals surface area contributed by atoms with E-state index in [1.54, 1.807) is 11.3 Å². The Hall–Kier alpha value is -1.69. The molecule has 4 rings (SSSR count). The van der Waals surface area contributed by atoms with Crippen molar-refractivity contribution < 1.29 is 4.79 Å². The molecule has 0 atom stereocenters. The molecule has 1 amide bonds. The van der Waals surface area contributed by atoms with Crippen molar-refractivity contribution in [2.24, 2.45) is 0 Å². The third kappa shape index (κ3) is 4.65. The summed E-state index contributed by atoms with van der Waals surface area (Å²) in [5, 5.41) is 3.12. The number of amides is 1. The highest BCUT2D eigenvalue weighted by Crippen LogP contribution is 2.35. The zero-order valence-electron chi connectivity index (χ0n) is 16.8. The minimum Gasteiger partial charge on any atom is -0.350 e. The molecule has 0 unspecified atom stereocenters. The maximum Gasteiger partial charge on any atom is 0.261 e. The van der Waals surface area contributed by atoms with E-state index >= 15 is 0 Å². The Balaban J connectivity index is 1.24. The van der Waals surface area contributed by atoms with Crippen molar-refractivity contribution in [3.8, 4) is 0 Å². The molecule has 0 radical (unpaired) electrons. The van der Waals surface area contributed by atoms with Gasteiger partial charge in [-0.05, 0) is 36.6 Å². The number of nitrogens with zero attached hydrogens (tertiary/aromatic N) is 2.